The molecule has 0 aliphatic heterocycles. The van der Waals surface area contributed by atoms with Gasteiger partial charge < -0.3 is 13.9 Å². The van der Waals surface area contributed by atoms with Crippen LogP contribution >= 0.6 is 0 Å². The van der Waals surface area contributed by atoms with E-state index in [1.165, 1.54) is 12.1 Å². The third-order valence-corrected chi connectivity index (χ3v) is 2.93. The maximum absolute atomic E-state index is 10.9. The van der Waals surface area contributed by atoms with E-state index in [4.69, 9.17) is 13.9 Å². The van der Waals surface area contributed by atoms with E-state index in [1.807, 2.05) is 6.92 Å². The van der Waals surface area contributed by atoms with Crippen molar-refractivity contribution in [2.24, 2.45) is 0 Å². The monoisotopic (exact) mass is 257 g/mol. The molecule has 0 amide bonds. The number of furan rings is 1. The average molecular weight is 257 g/mol. The predicted molar refractivity (Wildman–Crippen MR) is 68.0 cm³/mol. The Morgan fingerprint density at radius 1 is 1.37 bits per heavy atom. The number of aromatic carboxylic acids is 1. The van der Waals surface area contributed by atoms with Gasteiger partial charge in [-0.2, -0.15) is 0 Å². The number of oxazole rings is 1. The molecule has 0 fully saturated rings. The highest BCUT2D eigenvalue weighted by atomic mass is 16.4. The second-order valence-electron chi connectivity index (χ2n) is 4.12. The van der Waals surface area contributed by atoms with E-state index in [1.54, 1.807) is 18.4 Å². The van der Waals surface area contributed by atoms with E-state index in [9.17, 15) is 4.79 Å². The normalized spacial score (nSPS) is 11.0. The van der Waals surface area contributed by atoms with Crippen LogP contribution in [-0.2, 0) is 6.42 Å². The smallest absolute Gasteiger partial charge is 0.335 e. The van der Waals surface area contributed by atoms with Gasteiger partial charge in [-0.25, -0.2) is 9.78 Å². The first-order chi connectivity index (χ1) is 9.19. The molecule has 0 spiro atoms. The summed E-state index contributed by atoms with van der Waals surface area (Å²) in [4.78, 5) is 15.2. The van der Waals surface area contributed by atoms with Crippen LogP contribution in [0.3, 0.4) is 0 Å². The Labute approximate surface area is 108 Å². The van der Waals surface area contributed by atoms with Crippen LogP contribution in [0.15, 0.2) is 39.4 Å². The Morgan fingerprint density at radius 2 is 2.21 bits per heavy atom. The third kappa shape index (κ3) is 1.89. The van der Waals surface area contributed by atoms with Crippen molar-refractivity contribution in [2.45, 2.75) is 13.3 Å². The first kappa shape index (κ1) is 11.5. The number of rotatable bonds is 3. The summed E-state index contributed by atoms with van der Waals surface area (Å²) >= 11 is 0. The Hall–Kier alpha value is -2.56. The number of aryl methyl sites for hydroxylation is 1. The van der Waals surface area contributed by atoms with Gasteiger partial charge in [0.15, 0.2) is 5.58 Å². The summed E-state index contributed by atoms with van der Waals surface area (Å²) in [5.41, 5.74) is 2.06. The molecule has 1 aromatic carbocycles. The van der Waals surface area contributed by atoms with E-state index < -0.39 is 5.97 Å². The molecule has 3 rings (SSSR count). The molecule has 0 aliphatic carbocycles. The minimum Gasteiger partial charge on any atom is -0.478 e. The van der Waals surface area contributed by atoms with Gasteiger partial charge >= 0.3 is 5.97 Å². The lowest BCUT2D eigenvalue weighted by Gasteiger charge is -1.93. The summed E-state index contributed by atoms with van der Waals surface area (Å²) in [5, 5.41) is 8.94. The van der Waals surface area contributed by atoms with Crippen LogP contribution in [0, 0.1) is 0 Å². The Morgan fingerprint density at radius 3 is 2.95 bits per heavy atom. The van der Waals surface area contributed by atoms with Crippen molar-refractivity contribution in [2.75, 3.05) is 0 Å². The van der Waals surface area contributed by atoms with Crippen molar-refractivity contribution >= 4 is 17.1 Å². The van der Waals surface area contributed by atoms with Gasteiger partial charge in [0.2, 0.25) is 5.89 Å². The number of aromatic nitrogens is 1. The fraction of sp³-hybridized carbons (Fsp3) is 0.143. The first-order valence-electron chi connectivity index (χ1n) is 5.89. The molecular formula is C14H11NO4. The molecule has 96 valence electrons. The fourth-order valence-electron chi connectivity index (χ4n) is 1.98. The molecule has 5 heteroatoms. The number of carbonyl (C=O) groups is 1. The van der Waals surface area contributed by atoms with Crippen molar-refractivity contribution in [3.63, 3.8) is 0 Å². The molecule has 0 saturated heterocycles. The standard InChI is InChI=1S/C14H11NO4/c1-2-11-9(5-6-18-11)13-15-10-4-3-8(14(16)17)7-12(10)19-13/h3-7H,2H2,1H3,(H,16,17). The van der Waals surface area contributed by atoms with Gasteiger partial charge in [0.25, 0.3) is 0 Å². The second kappa shape index (κ2) is 4.28. The lowest BCUT2D eigenvalue weighted by Crippen LogP contribution is -1.94. The van der Waals surface area contributed by atoms with Gasteiger partial charge in [0.05, 0.1) is 17.4 Å². The second-order valence-corrected chi connectivity index (χ2v) is 4.12. The molecule has 5 nitrogen and oxygen atoms in total. The van der Waals surface area contributed by atoms with Gasteiger partial charge in [-0.3, -0.25) is 0 Å². The molecule has 3 aromatic rings. The van der Waals surface area contributed by atoms with E-state index in [2.05, 4.69) is 4.98 Å². The summed E-state index contributed by atoms with van der Waals surface area (Å²) in [6.07, 6.45) is 2.33. The molecule has 0 saturated carbocycles. The Bertz CT molecular complexity index is 754. The number of carboxylic acid groups (broad SMARTS) is 1. The maximum Gasteiger partial charge on any atom is 0.335 e. The number of hydrogen-bond acceptors (Lipinski definition) is 4. The van der Waals surface area contributed by atoms with Crippen LogP contribution in [0.2, 0.25) is 0 Å². The minimum atomic E-state index is -0.989. The predicted octanol–water partition coefficient (Wildman–Crippen LogP) is 3.35. The molecule has 2 heterocycles. The highest BCUT2D eigenvalue weighted by Crippen LogP contribution is 2.28. The highest BCUT2D eigenvalue weighted by molar-refractivity contribution is 5.92. The first-order valence-corrected chi connectivity index (χ1v) is 5.89. The van der Waals surface area contributed by atoms with Gasteiger partial charge in [-0.05, 0) is 24.3 Å². The number of carboxylic acids is 1. The van der Waals surface area contributed by atoms with Crippen molar-refractivity contribution in [1.82, 2.24) is 4.98 Å². The highest BCUT2D eigenvalue weighted by Gasteiger charge is 2.15. The SMILES string of the molecule is CCc1occc1-c1nc2ccc(C(=O)O)cc2o1. The molecule has 0 aliphatic rings. The number of nitrogens with zero attached hydrogens (tertiary/aromatic N) is 1. The van der Waals surface area contributed by atoms with E-state index in [0.717, 1.165) is 17.7 Å². The Kier molecular flexibility index (Phi) is 2.59. The van der Waals surface area contributed by atoms with Crippen LogP contribution in [0.4, 0.5) is 0 Å². The van der Waals surface area contributed by atoms with Crippen LogP contribution in [0.25, 0.3) is 22.6 Å². The van der Waals surface area contributed by atoms with Crippen LogP contribution in [-0.4, -0.2) is 16.1 Å². The number of benzene rings is 1. The summed E-state index contributed by atoms with van der Waals surface area (Å²) in [6.45, 7) is 1.98. The number of fused-ring (bicyclic) bond motifs is 1. The van der Waals surface area contributed by atoms with E-state index in [0.29, 0.717) is 17.0 Å². The largest absolute Gasteiger partial charge is 0.478 e. The summed E-state index contributed by atoms with van der Waals surface area (Å²) < 4.78 is 10.9. The van der Waals surface area contributed by atoms with E-state index >= 15 is 0 Å². The Balaban J connectivity index is 2.14. The van der Waals surface area contributed by atoms with Gasteiger partial charge in [-0.15, -0.1) is 0 Å². The van der Waals surface area contributed by atoms with Crippen LogP contribution < -0.4 is 0 Å². The van der Waals surface area contributed by atoms with Gasteiger partial charge in [0, 0.05) is 6.42 Å². The minimum absolute atomic E-state index is 0.179. The molecule has 0 bridgehead atoms. The molecule has 0 atom stereocenters. The zero-order chi connectivity index (χ0) is 13.4. The molecule has 0 unspecified atom stereocenters. The third-order valence-electron chi connectivity index (χ3n) is 2.93. The maximum atomic E-state index is 10.9. The van der Waals surface area contributed by atoms with E-state index in [-0.39, 0.29) is 5.56 Å². The summed E-state index contributed by atoms with van der Waals surface area (Å²) in [7, 11) is 0. The van der Waals surface area contributed by atoms with Crippen molar-refractivity contribution in [3.8, 4) is 11.5 Å². The average Bonchev–Trinajstić information content (AvgIpc) is 3.03. The van der Waals surface area contributed by atoms with Crippen LogP contribution in [0.5, 0.6) is 0 Å². The van der Waals surface area contributed by atoms with Crippen molar-refractivity contribution in [1.29, 1.82) is 0 Å². The topological polar surface area (TPSA) is 76.5 Å². The van der Waals surface area contributed by atoms with Crippen molar-refractivity contribution in [3.05, 3.63) is 41.9 Å². The quantitative estimate of drug-likeness (QED) is 0.778. The van der Waals surface area contributed by atoms with Gasteiger partial charge in [-0.1, -0.05) is 6.92 Å². The molecular weight excluding hydrogens is 246 g/mol. The fourth-order valence-corrected chi connectivity index (χ4v) is 1.98. The summed E-state index contributed by atoms with van der Waals surface area (Å²) in [6, 6.07) is 6.41. The molecule has 0 radical (unpaired) electrons. The zero-order valence-corrected chi connectivity index (χ0v) is 10.2. The molecule has 1 N–H and O–H groups in total. The number of hydrogen-bond donors (Lipinski definition) is 1. The van der Waals surface area contributed by atoms with Crippen LogP contribution in [0.1, 0.15) is 23.0 Å². The lowest BCUT2D eigenvalue weighted by molar-refractivity contribution is 0.0697. The zero-order valence-electron chi connectivity index (χ0n) is 10.2. The summed E-state index contributed by atoms with van der Waals surface area (Å²) in [5.74, 6) is 0.255. The molecule has 19 heavy (non-hydrogen) atoms. The van der Waals surface area contributed by atoms with Crippen molar-refractivity contribution < 1.29 is 18.7 Å². The lowest BCUT2D eigenvalue weighted by atomic mass is 10.2. The van der Waals surface area contributed by atoms with Gasteiger partial charge in [0.1, 0.15) is 11.3 Å². The molecule has 2 aromatic heterocycles.